The molecule has 0 saturated heterocycles. The second kappa shape index (κ2) is 6.42. The number of pyridine rings is 2. The van der Waals surface area contributed by atoms with E-state index in [1.165, 1.54) is 0 Å². The molecule has 3 aromatic heterocycles. The van der Waals surface area contributed by atoms with Crippen LogP contribution in [0.3, 0.4) is 0 Å². The lowest BCUT2D eigenvalue weighted by Gasteiger charge is -2.09. The fraction of sp³-hybridized carbons (Fsp3) is 0.150. The van der Waals surface area contributed by atoms with Crippen LogP contribution >= 0.6 is 11.6 Å². The van der Waals surface area contributed by atoms with E-state index < -0.39 is 0 Å². The van der Waals surface area contributed by atoms with Gasteiger partial charge in [0.1, 0.15) is 11.0 Å². The third-order valence-corrected chi connectivity index (χ3v) is 4.66. The fourth-order valence-corrected chi connectivity index (χ4v) is 3.40. The van der Waals surface area contributed by atoms with Crippen molar-refractivity contribution in [2.45, 2.75) is 20.4 Å². The Hall–Kier alpha value is -2.92. The first kappa shape index (κ1) is 16.5. The van der Waals surface area contributed by atoms with Crippen molar-refractivity contribution in [2.24, 2.45) is 0 Å². The van der Waals surface area contributed by atoms with Gasteiger partial charge in [-0.1, -0.05) is 29.3 Å². The van der Waals surface area contributed by atoms with E-state index in [0.717, 1.165) is 33.4 Å². The van der Waals surface area contributed by atoms with Gasteiger partial charge in [0.2, 0.25) is 0 Å². The SMILES string of the molecule is Cc1cc(C)c2nc(Cl)c(C(=O)NCc3ncc4ccccn34)cc2c1. The van der Waals surface area contributed by atoms with Gasteiger partial charge in [-0.2, -0.15) is 0 Å². The van der Waals surface area contributed by atoms with Crippen molar-refractivity contribution < 1.29 is 4.79 Å². The van der Waals surface area contributed by atoms with Crippen LogP contribution in [0.4, 0.5) is 0 Å². The van der Waals surface area contributed by atoms with E-state index in [1.807, 2.05) is 48.7 Å². The molecule has 0 aliphatic rings. The Labute approximate surface area is 155 Å². The summed E-state index contributed by atoms with van der Waals surface area (Å²) in [5.74, 6) is 0.488. The number of carbonyl (C=O) groups is 1. The smallest absolute Gasteiger partial charge is 0.254 e. The van der Waals surface area contributed by atoms with Gasteiger partial charge in [-0.3, -0.25) is 4.79 Å². The Morgan fingerprint density at radius 1 is 1.23 bits per heavy atom. The summed E-state index contributed by atoms with van der Waals surface area (Å²) in [4.78, 5) is 21.4. The van der Waals surface area contributed by atoms with Gasteiger partial charge < -0.3 is 9.72 Å². The molecule has 0 spiro atoms. The summed E-state index contributed by atoms with van der Waals surface area (Å²) in [7, 11) is 0. The van der Waals surface area contributed by atoms with Crippen molar-refractivity contribution in [3.05, 3.63) is 76.5 Å². The molecule has 1 N–H and O–H groups in total. The van der Waals surface area contributed by atoms with E-state index >= 15 is 0 Å². The van der Waals surface area contributed by atoms with Crippen LogP contribution in [0.1, 0.15) is 27.3 Å². The average molecular weight is 365 g/mol. The zero-order valence-electron chi connectivity index (χ0n) is 14.5. The molecule has 0 radical (unpaired) electrons. The minimum Gasteiger partial charge on any atom is -0.345 e. The average Bonchev–Trinajstić information content (AvgIpc) is 3.03. The molecule has 1 amide bonds. The van der Waals surface area contributed by atoms with Crippen LogP contribution < -0.4 is 5.32 Å². The maximum Gasteiger partial charge on any atom is 0.254 e. The molecule has 0 unspecified atom stereocenters. The van der Waals surface area contributed by atoms with Gasteiger partial charge in [0, 0.05) is 11.6 Å². The van der Waals surface area contributed by atoms with Crippen molar-refractivity contribution in [2.75, 3.05) is 0 Å². The molecule has 0 aliphatic heterocycles. The molecular weight excluding hydrogens is 348 g/mol. The summed E-state index contributed by atoms with van der Waals surface area (Å²) < 4.78 is 1.94. The summed E-state index contributed by atoms with van der Waals surface area (Å²) in [5.41, 5.74) is 4.32. The Morgan fingerprint density at radius 3 is 2.92 bits per heavy atom. The third kappa shape index (κ3) is 2.91. The van der Waals surface area contributed by atoms with Crippen LogP contribution in [-0.4, -0.2) is 20.3 Å². The van der Waals surface area contributed by atoms with E-state index in [4.69, 9.17) is 11.6 Å². The first-order chi connectivity index (χ1) is 12.5. The minimum absolute atomic E-state index is 0.204. The number of nitrogens with one attached hydrogen (secondary N) is 1. The highest BCUT2D eigenvalue weighted by Gasteiger charge is 2.15. The largest absolute Gasteiger partial charge is 0.345 e. The van der Waals surface area contributed by atoms with Crippen LogP contribution in [0.25, 0.3) is 16.4 Å². The maximum atomic E-state index is 12.6. The highest BCUT2D eigenvalue weighted by Crippen LogP contribution is 2.24. The highest BCUT2D eigenvalue weighted by molar-refractivity contribution is 6.33. The lowest BCUT2D eigenvalue weighted by atomic mass is 10.1. The van der Waals surface area contributed by atoms with Crippen LogP contribution in [-0.2, 0) is 6.54 Å². The molecule has 0 atom stereocenters. The molecule has 26 heavy (non-hydrogen) atoms. The molecule has 5 nitrogen and oxygen atoms in total. The van der Waals surface area contributed by atoms with Crippen LogP contribution in [0.5, 0.6) is 0 Å². The van der Waals surface area contributed by atoms with E-state index in [9.17, 15) is 4.79 Å². The summed E-state index contributed by atoms with van der Waals surface area (Å²) >= 11 is 6.27. The summed E-state index contributed by atoms with van der Waals surface area (Å²) in [6, 6.07) is 11.7. The summed E-state index contributed by atoms with van der Waals surface area (Å²) in [6.07, 6.45) is 3.69. The Kier molecular flexibility index (Phi) is 4.09. The molecule has 0 saturated carbocycles. The number of hydrogen-bond donors (Lipinski definition) is 1. The van der Waals surface area contributed by atoms with Crippen molar-refractivity contribution in [1.82, 2.24) is 19.7 Å². The number of nitrogens with zero attached hydrogens (tertiary/aromatic N) is 3. The lowest BCUT2D eigenvalue weighted by molar-refractivity contribution is 0.0950. The zero-order chi connectivity index (χ0) is 18.3. The first-order valence-electron chi connectivity index (χ1n) is 8.29. The van der Waals surface area contributed by atoms with Crippen LogP contribution in [0, 0.1) is 13.8 Å². The van der Waals surface area contributed by atoms with Crippen LogP contribution in [0.2, 0.25) is 5.15 Å². The number of benzene rings is 1. The third-order valence-electron chi connectivity index (χ3n) is 4.37. The molecule has 0 fully saturated rings. The van der Waals surface area contributed by atoms with E-state index in [1.54, 1.807) is 12.3 Å². The quantitative estimate of drug-likeness (QED) is 0.557. The Morgan fingerprint density at radius 2 is 2.08 bits per heavy atom. The topological polar surface area (TPSA) is 59.3 Å². The van der Waals surface area contributed by atoms with E-state index in [2.05, 4.69) is 21.4 Å². The minimum atomic E-state index is -0.267. The highest BCUT2D eigenvalue weighted by atomic mass is 35.5. The van der Waals surface area contributed by atoms with E-state index in [0.29, 0.717) is 12.1 Å². The van der Waals surface area contributed by atoms with Gasteiger partial charge in [0.05, 0.1) is 29.3 Å². The second-order valence-corrected chi connectivity index (χ2v) is 6.69. The van der Waals surface area contributed by atoms with Crippen molar-refractivity contribution in [3.8, 4) is 0 Å². The van der Waals surface area contributed by atoms with Gasteiger partial charge in [-0.25, -0.2) is 9.97 Å². The van der Waals surface area contributed by atoms with Gasteiger partial charge >= 0.3 is 0 Å². The van der Waals surface area contributed by atoms with E-state index in [-0.39, 0.29) is 11.1 Å². The number of imidazole rings is 1. The van der Waals surface area contributed by atoms with Gasteiger partial charge in [0.15, 0.2) is 0 Å². The number of rotatable bonds is 3. The van der Waals surface area contributed by atoms with Gasteiger partial charge in [-0.15, -0.1) is 0 Å². The standard InChI is InChI=1S/C20H17ClN4O/c1-12-7-13(2)18-14(8-12)9-16(19(21)24-18)20(26)23-11-17-22-10-15-5-3-4-6-25(15)17/h3-10H,11H2,1-2H3,(H,23,26). The molecule has 3 heterocycles. The van der Waals surface area contributed by atoms with Crippen molar-refractivity contribution >= 4 is 33.9 Å². The molecular formula is C20H17ClN4O. The fourth-order valence-electron chi connectivity index (χ4n) is 3.17. The molecule has 4 rings (SSSR count). The zero-order valence-corrected chi connectivity index (χ0v) is 15.2. The molecule has 130 valence electrons. The predicted octanol–water partition coefficient (Wildman–Crippen LogP) is 4.08. The summed E-state index contributed by atoms with van der Waals surface area (Å²) in [6.45, 7) is 4.31. The number of amides is 1. The van der Waals surface area contributed by atoms with Crippen molar-refractivity contribution in [3.63, 3.8) is 0 Å². The number of aryl methyl sites for hydroxylation is 2. The number of carbonyl (C=O) groups excluding carboxylic acids is 1. The normalized spacial score (nSPS) is 11.2. The predicted molar refractivity (Wildman–Crippen MR) is 103 cm³/mol. The molecule has 0 aliphatic carbocycles. The maximum absolute atomic E-state index is 12.6. The Bertz CT molecular complexity index is 1150. The second-order valence-electron chi connectivity index (χ2n) is 6.33. The monoisotopic (exact) mass is 364 g/mol. The number of aromatic nitrogens is 3. The molecule has 6 heteroatoms. The number of fused-ring (bicyclic) bond motifs is 2. The molecule has 1 aromatic carbocycles. The number of hydrogen-bond acceptors (Lipinski definition) is 3. The van der Waals surface area contributed by atoms with Gasteiger partial charge in [-0.05, 0) is 43.7 Å². The lowest BCUT2D eigenvalue weighted by Crippen LogP contribution is -2.24. The molecule has 4 aromatic rings. The number of halogens is 1. The molecule has 0 bridgehead atoms. The van der Waals surface area contributed by atoms with Crippen molar-refractivity contribution in [1.29, 1.82) is 0 Å². The Balaban J connectivity index is 1.62. The first-order valence-corrected chi connectivity index (χ1v) is 8.67. The van der Waals surface area contributed by atoms with Gasteiger partial charge in [0.25, 0.3) is 5.91 Å². The summed E-state index contributed by atoms with van der Waals surface area (Å²) in [5, 5.41) is 3.99. The van der Waals surface area contributed by atoms with Crippen LogP contribution in [0.15, 0.2) is 48.8 Å².